The summed E-state index contributed by atoms with van der Waals surface area (Å²) in [5.41, 5.74) is 5.14. The van der Waals surface area contributed by atoms with Crippen molar-refractivity contribution >= 4 is 17.0 Å². The van der Waals surface area contributed by atoms with Gasteiger partial charge in [0.05, 0.1) is 23.1 Å². The highest BCUT2D eigenvalue weighted by molar-refractivity contribution is 5.92. The lowest BCUT2D eigenvalue weighted by molar-refractivity contribution is 0.0697. The standard InChI is InChI=1S/C23H21N5O3/c29-23(30)16-4-6-20-21(11-16)26-22(25-20)13-28-9-7-15-3-5-19(10-17(15)12-28)31-14-18-2-1-8-24-27-18/h1-6,8,10-11H,7,9,12-14H2,(H,25,26)(H,29,30). The van der Waals surface area contributed by atoms with Gasteiger partial charge in [-0.1, -0.05) is 6.07 Å². The first-order chi connectivity index (χ1) is 15.1. The number of rotatable bonds is 6. The number of carboxylic acids is 1. The number of aromatic amines is 1. The summed E-state index contributed by atoms with van der Waals surface area (Å²) in [5, 5.41) is 17.1. The van der Waals surface area contributed by atoms with E-state index in [4.69, 9.17) is 4.74 Å². The van der Waals surface area contributed by atoms with Gasteiger partial charge in [0.2, 0.25) is 0 Å². The average molecular weight is 415 g/mol. The number of aromatic carboxylic acids is 1. The number of carbonyl (C=O) groups is 1. The zero-order valence-electron chi connectivity index (χ0n) is 16.8. The Morgan fingerprint density at radius 2 is 2.10 bits per heavy atom. The van der Waals surface area contributed by atoms with Crippen LogP contribution < -0.4 is 4.74 Å². The summed E-state index contributed by atoms with van der Waals surface area (Å²) in [6.07, 6.45) is 2.60. The third-order valence-electron chi connectivity index (χ3n) is 5.43. The second-order valence-corrected chi connectivity index (χ2v) is 7.62. The Balaban J connectivity index is 1.27. The van der Waals surface area contributed by atoms with Crippen molar-refractivity contribution in [3.8, 4) is 5.75 Å². The van der Waals surface area contributed by atoms with Gasteiger partial charge in [-0.2, -0.15) is 10.2 Å². The van der Waals surface area contributed by atoms with Gasteiger partial charge in [0, 0.05) is 19.3 Å². The molecule has 1 aliphatic rings. The topological polar surface area (TPSA) is 104 Å². The van der Waals surface area contributed by atoms with Crippen LogP contribution in [0, 0.1) is 0 Å². The average Bonchev–Trinajstić information content (AvgIpc) is 3.19. The normalized spacial score (nSPS) is 13.8. The smallest absolute Gasteiger partial charge is 0.335 e. The predicted octanol–water partition coefficient (Wildman–Crippen LogP) is 3.19. The molecule has 0 aliphatic carbocycles. The van der Waals surface area contributed by atoms with E-state index in [0.717, 1.165) is 47.8 Å². The number of aromatic nitrogens is 4. The van der Waals surface area contributed by atoms with Crippen molar-refractivity contribution in [1.29, 1.82) is 0 Å². The summed E-state index contributed by atoms with van der Waals surface area (Å²) in [6, 6.07) is 14.9. The summed E-state index contributed by atoms with van der Waals surface area (Å²) in [6.45, 7) is 2.79. The van der Waals surface area contributed by atoms with Crippen molar-refractivity contribution in [1.82, 2.24) is 25.1 Å². The monoisotopic (exact) mass is 415 g/mol. The summed E-state index contributed by atoms with van der Waals surface area (Å²) in [4.78, 5) is 21.4. The van der Waals surface area contributed by atoms with Crippen molar-refractivity contribution < 1.29 is 14.6 Å². The van der Waals surface area contributed by atoms with Crippen LogP contribution in [-0.4, -0.2) is 42.7 Å². The highest BCUT2D eigenvalue weighted by Crippen LogP contribution is 2.25. The van der Waals surface area contributed by atoms with Crippen molar-refractivity contribution in [3.05, 3.63) is 82.9 Å². The van der Waals surface area contributed by atoms with Gasteiger partial charge in [-0.3, -0.25) is 4.90 Å². The van der Waals surface area contributed by atoms with E-state index >= 15 is 0 Å². The number of imidazole rings is 1. The fraction of sp³-hybridized carbons (Fsp3) is 0.217. The first-order valence-corrected chi connectivity index (χ1v) is 10.1. The summed E-state index contributed by atoms with van der Waals surface area (Å²) >= 11 is 0. The van der Waals surface area contributed by atoms with Gasteiger partial charge in [-0.15, -0.1) is 0 Å². The summed E-state index contributed by atoms with van der Waals surface area (Å²) < 4.78 is 5.89. The van der Waals surface area contributed by atoms with Crippen LogP contribution in [0.2, 0.25) is 0 Å². The Hall–Kier alpha value is -3.78. The molecule has 2 aromatic carbocycles. The third kappa shape index (κ3) is 4.24. The van der Waals surface area contributed by atoms with Crippen LogP contribution in [0.3, 0.4) is 0 Å². The molecule has 8 nitrogen and oxygen atoms in total. The van der Waals surface area contributed by atoms with Crippen LogP contribution in [0.25, 0.3) is 11.0 Å². The molecule has 0 fully saturated rings. The number of fused-ring (bicyclic) bond motifs is 2. The quantitative estimate of drug-likeness (QED) is 0.498. The van der Waals surface area contributed by atoms with E-state index < -0.39 is 5.97 Å². The molecule has 0 unspecified atom stereocenters. The van der Waals surface area contributed by atoms with E-state index in [9.17, 15) is 9.90 Å². The lowest BCUT2D eigenvalue weighted by Gasteiger charge is -2.28. The largest absolute Gasteiger partial charge is 0.487 e. The van der Waals surface area contributed by atoms with E-state index in [2.05, 4.69) is 37.2 Å². The van der Waals surface area contributed by atoms with Gasteiger partial charge in [0.1, 0.15) is 23.9 Å². The summed E-state index contributed by atoms with van der Waals surface area (Å²) in [7, 11) is 0. The molecule has 0 amide bonds. The fourth-order valence-electron chi connectivity index (χ4n) is 3.87. The summed E-state index contributed by atoms with van der Waals surface area (Å²) in [5.74, 6) is 0.704. The molecular weight excluding hydrogens is 394 g/mol. The Morgan fingerprint density at radius 1 is 1.16 bits per heavy atom. The number of carboxylic acid groups (broad SMARTS) is 1. The van der Waals surface area contributed by atoms with Crippen molar-refractivity contribution in [2.45, 2.75) is 26.1 Å². The van der Waals surface area contributed by atoms with Gasteiger partial charge < -0.3 is 14.8 Å². The molecule has 5 rings (SSSR count). The molecule has 8 heteroatoms. The first-order valence-electron chi connectivity index (χ1n) is 10.1. The molecule has 0 saturated carbocycles. The second kappa shape index (κ2) is 8.16. The molecule has 4 aromatic rings. The number of nitrogens with zero attached hydrogens (tertiary/aromatic N) is 4. The molecule has 3 heterocycles. The fourth-order valence-corrected chi connectivity index (χ4v) is 3.87. The van der Waals surface area contributed by atoms with Crippen molar-refractivity contribution in [3.63, 3.8) is 0 Å². The van der Waals surface area contributed by atoms with E-state index in [1.54, 1.807) is 24.4 Å². The van der Waals surface area contributed by atoms with Crippen LogP contribution in [0.1, 0.15) is 33.0 Å². The van der Waals surface area contributed by atoms with Crippen LogP contribution in [-0.2, 0) is 26.1 Å². The number of hydrogen-bond acceptors (Lipinski definition) is 6. The van der Waals surface area contributed by atoms with Gasteiger partial charge in [-0.25, -0.2) is 9.78 Å². The Morgan fingerprint density at radius 3 is 2.94 bits per heavy atom. The van der Waals surface area contributed by atoms with E-state index in [1.165, 1.54) is 11.1 Å². The van der Waals surface area contributed by atoms with Crippen LogP contribution in [0.4, 0.5) is 0 Å². The molecule has 2 N–H and O–H groups in total. The number of hydrogen-bond donors (Lipinski definition) is 2. The number of nitrogens with one attached hydrogen (secondary N) is 1. The molecule has 0 bridgehead atoms. The molecule has 2 aromatic heterocycles. The third-order valence-corrected chi connectivity index (χ3v) is 5.43. The number of ether oxygens (including phenoxy) is 1. The van der Waals surface area contributed by atoms with Gasteiger partial charge in [0.15, 0.2) is 0 Å². The molecule has 31 heavy (non-hydrogen) atoms. The zero-order valence-corrected chi connectivity index (χ0v) is 16.8. The van der Waals surface area contributed by atoms with Crippen molar-refractivity contribution in [2.75, 3.05) is 6.54 Å². The minimum absolute atomic E-state index is 0.253. The maximum absolute atomic E-state index is 11.2. The molecule has 0 spiro atoms. The molecular formula is C23H21N5O3. The highest BCUT2D eigenvalue weighted by atomic mass is 16.5. The Kier molecular flexibility index (Phi) is 5.05. The van der Waals surface area contributed by atoms with E-state index in [1.807, 2.05) is 18.2 Å². The van der Waals surface area contributed by atoms with E-state index in [0.29, 0.717) is 13.2 Å². The molecule has 156 valence electrons. The first kappa shape index (κ1) is 19.2. The Labute approximate surface area is 178 Å². The SMILES string of the molecule is O=C(O)c1ccc2nc(CN3CCc4ccc(OCc5cccnn5)cc4C3)[nH]c2c1. The lowest BCUT2D eigenvalue weighted by atomic mass is 9.99. The van der Waals surface area contributed by atoms with Gasteiger partial charge in [-0.05, 0) is 60.0 Å². The van der Waals surface area contributed by atoms with Crippen molar-refractivity contribution in [2.24, 2.45) is 0 Å². The zero-order chi connectivity index (χ0) is 21.2. The highest BCUT2D eigenvalue weighted by Gasteiger charge is 2.18. The molecule has 0 saturated heterocycles. The van der Waals surface area contributed by atoms with Gasteiger partial charge >= 0.3 is 5.97 Å². The predicted molar refractivity (Wildman–Crippen MR) is 114 cm³/mol. The van der Waals surface area contributed by atoms with Crippen LogP contribution >= 0.6 is 0 Å². The van der Waals surface area contributed by atoms with E-state index in [-0.39, 0.29) is 5.56 Å². The molecule has 1 aliphatic heterocycles. The molecule has 0 radical (unpaired) electrons. The Bertz CT molecular complexity index is 1240. The molecule has 0 atom stereocenters. The minimum Gasteiger partial charge on any atom is -0.487 e. The minimum atomic E-state index is -0.942. The van der Waals surface area contributed by atoms with Crippen LogP contribution in [0.15, 0.2) is 54.7 Å². The second-order valence-electron chi connectivity index (χ2n) is 7.62. The number of H-pyrrole nitrogens is 1. The maximum Gasteiger partial charge on any atom is 0.335 e. The maximum atomic E-state index is 11.2. The number of benzene rings is 2. The lowest BCUT2D eigenvalue weighted by Crippen LogP contribution is -2.30. The van der Waals surface area contributed by atoms with Crippen LogP contribution in [0.5, 0.6) is 5.75 Å². The van der Waals surface area contributed by atoms with Gasteiger partial charge in [0.25, 0.3) is 0 Å².